The Morgan fingerprint density at radius 2 is 1.23 bits per heavy atom. The maximum atomic E-state index is 11.2. The Morgan fingerprint density at radius 3 is 1.32 bits per heavy atom. The second-order valence-electron chi connectivity index (χ2n) is 5.17. The van der Waals surface area contributed by atoms with Crippen molar-refractivity contribution < 1.29 is 70.2 Å². The largest absolute Gasteiger partial charge is 0.403 e. The van der Waals surface area contributed by atoms with Gasteiger partial charge >= 0.3 is 0 Å². The molecule has 0 fully saturated rings. The van der Waals surface area contributed by atoms with Gasteiger partial charge in [0.05, 0.1) is 0 Å². The second-order valence-corrected chi connectivity index (χ2v) is 5.17. The fraction of sp³-hybridized carbons (Fsp3) is 0.706. The fourth-order valence-electron chi connectivity index (χ4n) is 1.51. The van der Waals surface area contributed by atoms with E-state index >= 15 is 0 Å². The van der Waals surface area contributed by atoms with E-state index < -0.39 is 0 Å². The van der Waals surface area contributed by atoms with Crippen LogP contribution in [0.5, 0.6) is 0 Å². The molecule has 0 saturated carbocycles. The molecule has 22 heavy (non-hydrogen) atoms. The number of amides is 1. The molecule has 1 amide bonds. The first-order valence-electron chi connectivity index (χ1n) is 7.02. The van der Waals surface area contributed by atoms with Crippen molar-refractivity contribution in [3.8, 4) is 0 Å². The van der Waals surface area contributed by atoms with Gasteiger partial charge < -0.3 is 37.5 Å². The minimum Gasteiger partial charge on any atom is -0.403 e. The van der Waals surface area contributed by atoms with E-state index in [2.05, 4.69) is 46.4 Å². The van der Waals surface area contributed by atoms with Crippen molar-refractivity contribution in [2.24, 2.45) is 11.8 Å². The normalized spacial score (nSPS) is 9.23. The van der Waals surface area contributed by atoms with E-state index in [0.717, 1.165) is 25.6 Å². The van der Waals surface area contributed by atoms with Gasteiger partial charge in [0.15, 0.2) is 0 Å². The van der Waals surface area contributed by atoms with Crippen LogP contribution in [0.15, 0.2) is 0 Å². The van der Waals surface area contributed by atoms with Crippen molar-refractivity contribution in [2.45, 2.75) is 35.1 Å². The first-order chi connectivity index (χ1) is 8.83. The van der Waals surface area contributed by atoms with Gasteiger partial charge in [0.1, 0.15) is 0 Å². The van der Waals surface area contributed by atoms with Crippen LogP contribution in [-0.2, 0) is 70.2 Å². The quantitative estimate of drug-likeness (QED) is 0.542. The summed E-state index contributed by atoms with van der Waals surface area (Å²) in [5.41, 5.74) is 0. The molecule has 0 heterocycles. The molecule has 0 rings (SSSR count). The smallest absolute Gasteiger partial charge is 0.220 e. The maximum absolute atomic E-state index is 11.2. The van der Waals surface area contributed by atoms with Crippen molar-refractivity contribution in [3.05, 3.63) is 27.7 Å². The van der Waals surface area contributed by atoms with Crippen LogP contribution in [0.1, 0.15) is 35.1 Å². The summed E-state index contributed by atoms with van der Waals surface area (Å²) in [7, 11) is 0. The van der Waals surface area contributed by atoms with Crippen LogP contribution in [0, 0.1) is 39.5 Å². The van der Waals surface area contributed by atoms with Crippen LogP contribution in [0.25, 0.3) is 0 Å². The van der Waals surface area contributed by atoms with Gasteiger partial charge in [-0.05, 0) is 12.5 Å². The minimum atomic E-state index is 0. The zero-order valence-electron chi connectivity index (χ0n) is 14.5. The molecule has 0 aliphatic rings. The predicted molar refractivity (Wildman–Crippen MR) is 90.9 cm³/mol. The Bertz CT molecular complexity index is 217. The van der Waals surface area contributed by atoms with E-state index in [1.807, 2.05) is 13.8 Å². The van der Waals surface area contributed by atoms with Gasteiger partial charge in [-0.2, -0.15) is 0 Å². The predicted octanol–water partition coefficient (Wildman–Crippen LogP) is 3.38. The standard InChI is InChI=1S/C8H15NO.C8H17N.CH4.2Y/c1-5-9(6-2)8(10)7(3)4;1-5-9(6-2)7-8(3)4;;;/h7H,1-2,5-6H2,3-4H3;8H,1-2,5-7H2,3-4H3;1H4;;/q2*-2;;;. The summed E-state index contributed by atoms with van der Waals surface area (Å²) in [6.45, 7) is 26.9. The summed E-state index contributed by atoms with van der Waals surface area (Å²) in [4.78, 5) is 15.0. The number of hydrogen-bond donors (Lipinski definition) is 0. The molecule has 5 heteroatoms. The van der Waals surface area contributed by atoms with E-state index in [4.69, 9.17) is 0 Å². The molecule has 0 saturated heterocycles. The molecule has 0 aromatic rings. The number of nitrogens with zero attached hydrogens (tertiary/aromatic N) is 2. The number of carbonyl (C=O) groups is 1. The molecule has 0 aromatic heterocycles. The third-order valence-corrected chi connectivity index (χ3v) is 2.60. The van der Waals surface area contributed by atoms with Crippen molar-refractivity contribution in [2.75, 3.05) is 32.7 Å². The molecule has 0 spiro atoms. The summed E-state index contributed by atoms with van der Waals surface area (Å²) >= 11 is 0. The number of hydrogen-bond acceptors (Lipinski definition) is 2. The van der Waals surface area contributed by atoms with Gasteiger partial charge in [0, 0.05) is 71.3 Å². The molecule has 0 atom stereocenters. The molecular formula is C17H36N2OY2-4. The van der Waals surface area contributed by atoms with Crippen LogP contribution in [0.3, 0.4) is 0 Å². The first-order valence-corrected chi connectivity index (χ1v) is 7.02. The second kappa shape index (κ2) is 22.6. The fourth-order valence-corrected chi connectivity index (χ4v) is 1.51. The van der Waals surface area contributed by atoms with Crippen molar-refractivity contribution in [1.29, 1.82) is 0 Å². The van der Waals surface area contributed by atoms with E-state index in [-0.39, 0.29) is 84.7 Å². The van der Waals surface area contributed by atoms with Crippen molar-refractivity contribution >= 4 is 5.91 Å². The topological polar surface area (TPSA) is 23.6 Å². The summed E-state index contributed by atoms with van der Waals surface area (Å²) in [5, 5.41) is 0. The van der Waals surface area contributed by atoms with Gasteiger partial charge in [-0.1, -0.05) is 35.1 Å². The molecular weight excluding hydrogens is 426 g/mol. The summed E-state index contributed by atoms with van der Waals surface area (Å²) in [5.74, 6) is 0.919. The van der Waals surface area contributed by atoms with E-state index in [9.17, 15) is 4.79 Å². The van der Waals surface area contributed by atoms with Crippen LogP contribution < -0.4 is 0 Å². The number of rotatable bonds is 7. The molecule has 2 radical (unpaired) electrons. The van der Waals surface area contributed by atoms with Gasteiger partial charge in [-0.25, -0.2) is 0 Å². The zero-order valence-corrected chi connectivity index (χ0v) is 20.2. The van der Waals surface area contributed by atoms with E-state index in [0.29, 0.717) is 13.1 Å². The van der Waals surface area contributed by atoms with Crippen LogP contribution in [0.2, 0.25) is 0 Å². The van der Waals surface area contributed by atoms with E-state index in [1.54, 1.807) is 4.90 Å². The van der Waals surface area contributed by atoms with E-state index in [1.165, 1.54) is 0 Å². The monoisotopic (exact) mass is 462 g/mol. The SMILES string of the molecule is C.[CH2-]CN(C[CH2-])C(=O)C(C)C.[CH2-]CN(C[CH2-])CC(C)C.[Y].[Y]. The molecule has 0 unspecified atom stereocenters. The van der Waals surface area contributed by atoms with Gasteiger partial charge in [-0.3, -0.25) is 4.79 Å². The van der Waals surface area contributed by atoms with Crippen LogP contribution in [-0.4, -0.2) is 48.4 Å². The third kappa shape index (κ3) is 19.7. The minimum absolute atomic E-state index is 0. The Kier molecular flexibility index (Phi) is 35.9. The average molecular weight is 462 g/mol. The van der Waals surface area contributed by atoms with Crippen LogP contribution >= 0.6 is 0 Å². The maximum Gasteiger partial charge on any atom is 0.220 e. The average Bonchev–Trinajstić information content (AvgIpc) is 2.37. The first kappa shape index (κ1) is 34.9. The molecule has 0 aliphatic carbocycles. The molecule has 0 aliphatic heterocycles. The summed E-state index contributed by atoms with van der Waals surface area (Å²) in [6.07, 6.45) is 0. The van der Waals surface area contributed by atoms with Crippen molar-refractivity contribution in [1.82, 2.24) is 9.80 Å². The zero-order chi connectivity index (χ0) is 15.4. The van der Waals surface area contributed by atoms with Crippen LogP contribution in [0.4, 0.5) is 0 Å². The molecule has 3 nitrogen and oxygen atoms in total. The Labute approximate surface area is 191 Å². The van der Waals surface area contributed by atoms with Gasteiger partial charge in [-0.15, -0.1) is 26.2 Å². The van der Waals surface area contributed by atoms with Gasteiger partial charge in [0.25, 0.3) is 0 Å². The molecule has 130 valence electrons. The number of carbonyl (C=O) groups excluding carboxylic acids is 1. The molecule has 0 aromatic carbocycles. The molecule has 0 N–H and O–H groups in total. The summed E-state index contributed by atoms with van der Waals surface area (Å²) in [6, 6.07) is 0. The Morgan fingerprint density at radius 1 is 0.864 bits per heavy atom. The summed E-state index contributed by atoms with van der Waals surface area (Å²) < 4.78 is 0. The Balaban J connectivity index is -0.0000000774. The molecule has 0 bridgehead atoms. The Hall–Kier alpha value is 1.64. The third-order valence-electron chi connectivity index (χ3n) is 2.60. The van der Waals surface area contributed by atoms with Crippen molar-refractivity contribution in [3.63, 3.8) is 0 Å². The van der Waals surface area contributed by atoms with Gasteiger partial charge in [0.2, 0.25) is 5.91 Å².